The van der Waals surface area contributed by atoms with Crippen LogP contribution in [-0.2, 0) is 4.79 Å². The first-order valence-corrected chi connectivity index (χ1v) is 3.97. The van der Waals surface area contributed by atoms with Crippen molar-refractivity contribution in [2.45, 2.75) is 39.3 Å². The molecule has 0 atom stereocenters. The van der Waals surface area contributed by atoms with Crippen LogP contribution >= 0.6 is 0 Å². The van der Waals surface area contributed by atoms with Crippen molar-refractivity contribution in [1.82, 2.24) is 4.90 Å². The Morgan fingerprint density at radius 2 is 2.00 bits per heavy atom. The number of rotatable bonds is 1. The second kappa shape index (κ2) is 2.36. The third-order valence-corrected chi connectivity index (χ3v) is 2.19. The van der Waals surface area contributed by atoms with E-state index in [9.17, 15) is 4.79 Å². The Kier molecular flexibility index (Phi) is 1.78. The van der Waals surface area contributed by atoms with E-state index in [0.717, 1.165) is 0 Å². The van der Waals surface area contributed by atoms with Crippen molar-refractivity contribution in [3.63, 3.8) is 0 Å². The maximum absolute atomic E-state index is 11.3. The van der Waals surface area contributed by atoms with Gasteiger partial charge in [0.2, 0.25) is 0 Å². The third kappa shape index (κ3) is 1.17. The Hall–Kier alpha value is -0.790. The van der Waals surface area contributed by atoms with Crippen LogP contribution in [0.25, 0.3) is 0 Å². The SMILES string of the molecule is CC(C)N1C=CC(=O)C1(C)C. The summed E-state index contributed by atoms with van der Waals surface area (Å²) in [6, 6.07) is 0.396. The highest BCUT2D eigenvalue weighted by molar-refractivity contribution is 5.99. The van der Waals surface area contributed by atoms with Crippen LogP contribution in [0.5, 0.6) is 0 Å². The van der Waals surface area contributed by atoms with Gasteiger partial charge < -0.3 is 4.90 Å². The van der Waals surface area contributed by atoms with Crippen molar-refractivity contribution >= 4 is 5.78 Å². The summed E-state index contributed by atoms with van der Waals surface area (Å²) in [5.74, 6) is 0.200. The minimum absolute atomic E-state index is 0.200. The molecule has 2 nitrogen and oxygen atoms in total. The first-order chi connectivity index (χ1) is 4.96. The van der Waals surface area contributed by atoms with Gasteiger partial charge in [0, 0.05) is 12.2 Å². The molecule has 11 heavy (non-hydrogen) atoms. The average molecular weight is 153 g/mol. The van der Waals surface area contributed by atoms with E-state index in [0.29, 0.717) is 6.04 Å². The molecule has 1 aliphatic rings. The lowest BCUT2D eigenvalue weighted by atomic mass is 9.99. The van der Waals surface area contributed by atoms with Gasteiger partial charge >= 0.3 is 0 Å². The lowest BCUT2D eigenvalue weighted by molar-refractivity contribution is -0.121. The van der Waals surface area contributed by atoms with Crippen molar-refractivity contribution in [1.29, 1.82) is 0 Å². The lowest BCUT2D eigenvalue weighted by Gasteiger charge is -2.34. The predicted octanol–water partition coefficient (Wildman–Crippen LogP) is 1.57. The van der Waals surface area contributed by atoms with Crippen LogP contribution in [-0.4, -0.2) is 22.3 Å². The topological polar surface area (TPSA) is 20.3 Å². The molecule has 0 spiro atoms. The quantitative estimate of drug-likeness (QED) is 0.570. The minimum Gasteiger partial charge on any atom is -0.362 e. The van der Waals surface area contributed by atoms with Gasteiger partial charge in [-0.15, -0.1) is 0 Å². The predicted molar refractivity (Wildman–Crippen MR) is 45.2 cm³/mol. The molecule has 2 heteroatoms. The highest BCUT2D eigenvalue weighted by atomic mass is 16.1. The van der Waals surface area contributed by atoms with Gasteiger partial charge in [-0.3, -0.25) is 4.79 Å². The van der Waals surface area contributed by atoms with Crippen LogP contribution in [0.4, 0.5) is 0 Å². The first-order valence-electron chi connectivity index (χ1n) is 3.97. The zero-order chi connectivity index (χ0) is 8.65. The van der Waals surface area contributed by atoms with Gasteiger partial charge in [0.15, 0.2) is 5.78 Å². The Morgan fingerprint density at radius 3 is 2.18 bits per heavy atom. The second-order valence-corrected chi connectivity index (χ2v) is 3.74. The van der Waals surface area contributed by atoms with Crippen LogP contribution in [0.1, 0.15) is 27.7 Å². The largest absolute Gasteiger partial charge is 0.362 e. The molecule has 62 valence electrons. The van der Waals surface area contributed by atoms with Crippen LogP contribution in [0.2, 0.25) is 0 Å². The zero-order valence-electron chi connectivity index (χ0n) is 7.59. The Labute approximate surface area is 67.9 Å². The van der Waals surface area contributed by atoms with E-state index in [-0.39, 0.29) is 11.3 Å². The summed E-state index contributed by atoms with van der Waals surface area (Å²) < 4.78 is 0. The molecular formula is C9H15NO. The molecule has 0 bridgehead atoms. The van der Waals surface area contributed by atoms with Gasteiger partial charge in [-0.05, 0) is 33.8 Å². The van der Waals surface area contributed by atoms with Gasteiger partial charge in [-0.2, -0.15) is 0 Å². The molecule has 0 radical (unpaired) electrons. The highest BCUT2D eigenvalue weighted by Crippen LogP contribution is 2.24. The Bertz CT molecular complexity index is 204. The van der Waals surface area contributed by atoms with Gasteiger partial charge in [0.05, 0.1) is 5.54 Å². The number of nitrogens with zero attached hydrogens (tertiary/aromatic N) is 1. The highest BCUT2D eigenvalue weighted by Gasteiger charge is 2.36. The molecule has 0 aromatic rings. The summed E-state index contributed by atoms with van der Waals surface area (Å²) in [5, 5.41) is 0. The van der Waals surface area contributed by atoms with E-state index in [1.165, 1.54) is 0 Å². The maximum atomic E-state index is 11.3. The smallest absolute Gasteiger partial charge is 0.182 e. The van der Waals surface area contributed by atoms with Crippen LogP contribution < -0.4 is 0 Å². The van der Waals surface area contributed by atoms with E-state index in [2.05, 4.69) is 18.7 Å². The second-order valence-electron chi connectivity index (χ2n) is 3.74. The first kappa shape index (κ1) is 8.31. The van der Waals surface area contributed by atoms with Crippen LogP contribution in [0, 0.1) is 0 Å². The molecule has 1 rings (SSSR count). The number of carbonyl (C=O) groups is 1. The lowest BCUT2D eigenvalue weighted by Crippen LogP contribution is -2.45. The van der Waals surface area contributed by atoms with E-state index in [4.69, 9.17) is 0 Å². The standard InChI is InChI=1S/C9H15NO/c1-7(2)10-6-5-8(11)9(10,3)4/h5-7H,1-4H3. The number of carbonyl (C=O) groups excluding carboxylic acids is 1. The average Bonchev–Trinajstić information content (AvgIpc) is 2.08. The molecular weight excluding hydrogens is 138 g/mol. The Balaban J connectivity index is 2.86. The molecule has 0 saturated carbocycles. The molecule has 0 unspecified atom stereocenters. The van der Waals surface area contributed by atoms with Gasteiger partial charge in [-0.25, -0.2) is 0 Å². The van der Waals surface area contributed by atoms with Crippen LogP contribution in [0.3, 0.4) is 0 Å². The van der Waals surface area contributed by atoms with Crippen molar-refractivity contribution in [3.05, 3.63) is 12.3 Å². The zero-order valence-corrected chi connectivity index (χ0v) is 7.59. The fraction of sp³-hybridized carbons (Fsp3) is 0.667. The summed E-state index contributed by atoms with van der Waals surface area (Å²) in [5.41, 5.74) is -0.325. The van der Waals surface area contributed by atoms with Gasteiger partial charge in [-0.1, -0.05) is 0 Å². The van der Waals surface area contributed by atoms with Gasteiger partial charge in [0.1, 0.15) is 0 Å². The number of hydrogen-bond acceptors (Lipinski definition) is 2. The number of ketones is 1. The summed E-state index contributed by atoms with van der Waals surface area (Å²) in [6.07, 6.45) is 3.53. The van der Waals surface area contributed by atoms with E-state index >= 15 is 0 Å². The minimum atomic E-state index is -0.325. The monoisotopic (exact) mass is 153 g/mol. The number of hydrogen-bond donors (Lipinski definition) is 0. The molecule has 0 aliphatic carbocycles. The Morgan fingerprint density at radius 1 is 1.45 bits per heavy atom. The van der Waals surface area contributed by atoms with E-state index in [1.807, 2.05) is 20.0 Å². The summed E-state index contributed by atoms with van der Waals surface area (Å²) in [4.78, 5) is 13.4. The van der Waals surface area contributed by atoms with Gasteiger partial charge in [0.25, 0.3) is 0 Å². The van der Waals surface area contributed by atoms with Crippen molar-refractivity contribution in [2.24, 2.45) is 0 Å². The molecule has 0 fully saturated rings. The van der Waals surface area contributed by atoms with E-state index < -0.39 is 0 Å². The molecule has 0 aromatic heterocycles. The molecule has 1 aliphatic heterocycles. The van der Waals surface area contributed by atoms with Crippen molar-refractivity contribution in [3.8, 4) is 0 Å². The molecule has 0 saturated heterocycles. The molecule has 1 heterocycles. The van der Waals surface area contributed by atoms with E-state index in [1.54, 1.807) is 6.08 Å². The fourth-order valence-corrected chi connectivity index (χ4v) is 1.48. The molecule has 0 N–H and O–H groups in total. The normalized spacial score (nSPS) is 21.9. The maximum Gasteiger partial charge on any atom is 0.182 e. The van der Waals surface area contributed by atoms with Crippen LogP contribution in [0.15, 0.2) is 12.3 Å². The summed E-state index contributed by atoms with van der Waals surface area (Å²) in [7, 11) is 0. The van der Waals surface area contributed by atoms with Crippen molar-refractivity contribution < 1.29 is 4.79 Å². The fourth-order valence-electron chi connectivity index (χ4n) is 1.48. The summed E-state index contributed by atoms with van der Waals surface area (Å²) in [6.45, 7) is 8.08. The molecule has 0 aromatic carbocycles. The summed E-state index contributed by atoms with van der Waals surface area (Å²) >= 11 is 0. The van der Waals surface area contributed by atoms with Crippen molar-refractivity contribution in [2.75, 3.05) is 0 Å². The third-order valence-electron chi connectivity index (χ3n) is 2.19. The molecule has 0 amide bonds.